The Balaban J connectivity index is 3.22. The summed E-state index contributed by atoms with van der Waals surface area (Å²) in [5.41, 5.74) is 9.43. The second kappa shape index (κ2) is 3.77. The number of nitrogens with two attached hydrogens (primary N) is 1. The summed E-state index contributed by atoms with van der Waals surface area (Å²) >= 11 is 0. The van der Waals surface area contributed by atoms with Gasteiger partial charge in [0.2, 0.25) is 0 Å². The van der Waals surface area contributed by atoms with Crippen LogP contribution in [0.2, 0.25) is 0 Å². The zero-order valence-electron chi connectivity index (χ0n) is 7.83. The molecule has 0 unspecified atom stereocenters. The van der Waals surface area contributed by atoms with Crippen LogP contribution in [0, 0.1) is 25.2 Å². The van der Waals surface area contributed by atoms with E-state index in [1.54, 1.807) is 0 Å². The van der Waals surface area contributed by atoms with Crippen molar-refractivity contribution in [3.8, 4) is 6.07 Å². The zero-order valence-corrected chi connectivity index (χ0v) is 7.83. The number of rotatable bonds is 1. The average molecular weight is 172 g/mol. The highest BCUT2D eigenvalue weighted by Crippen LogP contribution is 2.15. The van der Waals surface area contributed by atoms with Gasteiger partial charge in [0, 0.05) is 17.3 Å². The second-order valence-corrected chi connectivity index (χ2v) is 3.05. The van der Waals surface area contributed by atoms with Gasteiger partial charge in [-0.1, -0.05) is 17.7 Å². The number of allylic oxidation sites excluding steroid dienone is 1. The van der Waals surface area contributed by atoms with E-state index in [1.165, 1.54) is 6.08 Å². The molecule has 0 saturated heterocycles. The van der Waals surface area contributed by atoms with Gasteiger partial charge in [0.25, 0.3) is 0 Å². The molecule has 0 fully saturated rings. The molecule has 1 rings (SSSR count). The molecule has 1 aromatic rings. The first-order valence-electron chi connectivity index (χ1n) is 4.08. The molecule has 0 spiro atoms. The van der Waals surface area contributed by atoms with Crippen molar-refractivity contribution in [3.05, 3.63) is 41.0 Å². The monoisotopic (exact) mass is 172 g/mol. The average Bonchev–Trinajstić information content (AvgIpc) is 2.09. The molecule has 1 aromatic carbocycles. The van der Waals surface area contributed by atoms with Crippen LogP contribution in [0.4, 0.5) is 0 Å². The first-order chi connectivity index (χ1) is 6.15. The van der Waals surface area contributed by atoms with Crippen molar-refractivity contribution in [1.29, 1.82) is 5.26 Å². The van der Waals surface area contributed by atoms with E-state index in [2.05, 4.69) is 0 Å². The third kappa shape index (κ3) is 2.09. The molecule has 0 atom stereocenters. The molecule has 0 aromatic heterocycles. The smallest absolute Gasteiger partial charge is 0.0933 e. The van der Waals surface area contributed by atoms with Crippen molar-refractivity contribution in [2.45, 2.75) is 13.8 Å². The number of hydrogen-bond donors (Lipinski definition) is 1. The van der Waals surface area contributed by atoms with E-state index in [-0.39, 0.29) is 0 Å². The SMILES string of the molecule is Cc1ccc(C)c(/C(N)=C/C#N)c1. The standard InChI is InChI=1S/C11H12N2/c1-8-3-4-9(2)10(7-8)11(13)5-6-12/h3-5,7H,13H2,1-2H3/b11-5-. The largest absolute Gasteiger partial charge is 0.398 e. The Morgan fingerprint density at radius 2 is 2.15 bits per heavy atom. The Labute approximate surface area is 78.3 Å². The minimum atomic E-state index is 0.531. The summed E-state index contributed by atoms with van der Waals surface area (Å²) < 4.78 is 0. The Hall–Kier alpha value is -1.75. The van der Waals surface area contributed by atoms with Crippen molar-refractivity contribution in [2.75, 3.05) is 0 Å². The van der Waals surface area contributed by atoms with Gasteiger partial charge in [-0.3, -0.25) is 0 Å². The fourth-order valence-electron chi connectivity index (χ4n) is 1.19. The minimum absolute atomic E-state index is 0.531. The van der Waals surface area contributed by atoms with Crippen LogP contribution < -0.4 is 5.73 Å². The van der Waals surface area contributed by atoms with Gasteiger partial charge in [-0.25, -0.2) is 0 Å². The van der Waals surface area contributed by atoms with Crippen LogP contribution in [0.1, 0.15) is 16.7 Å². The number of aryl methyl sites for hydroxylation is 2. The van der Waals surface area contributed by atoms with Crippen LogP contribution in [-0.2, 0) is 0 Å². The van der Waals surface area contributed by atoms with Crippen LogP contribution in [0.3, 0.4) is 0 Å². The molecule has 0 aliphatic rings. The number of benzene rings is 1. The molecule has 0 heterocycles. The lowest BCUT2D eigenvalue weighted by molar-refractivity contribution is 1.34. The van der Waals surface area contributed by atoms with Crippen LogP contribution in [0.25, 0.3) is 5.70 Å². The summed E-state index contributed by atoms with van der Waals surface area (Å²) in [6, 6.07) is 7.94. The van der Waals surface area contributed by atoms with Crippen molar-refractivity contribution in [1.82, 2.24) is 0 Å². The lowest BCUT2D eigenvalue weighted by Crippen LogP contribution is -1.98. The van der Waals surface area contributed by atoms with E-state index >= 15 is 0 Å². The molecule has 2 N–H and O–H groups in total. The van der Waals surface area contributed by atoms with E-state index in [0.717, 1.165) is 16.7 Å². The summed E-state index contributed by atoms with van der Waals surface area (Å²) in [7, 11) is 0. The van der Waals surface area contributed by atoms with Gasteiger partial charge in [0.15, 0.2) is 0 Å². The van der Waals surface area contributed by atoms with E-state index in [0.29, 0.717) is 5.70 Å². The highest BCUT2D eigenvalue weighted by Gasteiger charge is 2.00. The normalized spacial score (nSPS) is 11.0. The molecule has 0 aliphatic heterocycles. The maximum atomic E-state index is 8.45. The molecule has 0 aliphatic carbocycles. The van der Waals surface area contributed by atoms with Crippen molar-refractivity contribution in [3.63, 3.8) is 0 Å². The van der Waals surface area contributed by atoms with Gasteiger partial charge in [0.05, 0.1) is 6.07 Å². The van der Waals surface area contributed by atoms with Crippen LogP contribution in [0.5, 0.6) is 0 Å². The summed E-state index contributed by atoms with van der Waals surface area (Å²) in [5, 5.41) is 8.45. The predicted octanol–water partition coefficient (Wildman–Crippen LogP) is 2.13. The van der Waals surface area contributed by atoms with Gasteiger partial charge in [-0.15, -0.1) is 0 Å². The summed E-state index contributed by atoms with van der Waals surface area (Å²) in [6.07, 6.45) is 1.36. The van der Waals surface area contributed by atoms with Gasteiger partial charge < -0.3 is 5.73 Å². The quantitative estimate of drug-likeness (QED) is 0.660. The Morgan fingerprint density at radius 1 is 1.46 bits per heavy atom. The van der Waals surface area contributed by atoms with E-state index < -0.39 is 0 Å². The molecule has 0 bridgehead atoms. The molecule has 2 heteroatoms. The van der Waals surface area contributed by atoms with E-state index in [9.17, 15) is 0 Å². The molecule has 2 nitrogen and oxygen atoms in total. The van der Waals surface area contributed by atoms with Gasteiger partial charge in [-0.05, 0) is 25.5 Å². The maximum Gasteiger partial charge on any atom is 0.0933 e. The Bertz CT molecular complexity index is 384. The topological polar surface area (TPSA) is 49.8 Å². The van der Waals surface area contributed by atoms with Gasteiger partial charge in [-0.2, -0.15) is 5.26 Å². The van der Waals surface area contributed by atoms with Gasteiger partial charge in [0.1, 0.15) is 0 Å². The van der Waals surface area contributed by atoms with Crippen LogP contribution >= 0.6 is 0 Å². The number of nitriles is 1. The second-order valence-electron chi connectivity index (χ2n) is 3.05. The third-order valence-electron chi connectivity index (χ3n) is 1.92. The predicted molar refractivity (Wildman–Crippen MR) is 53.7 cm³/mol. The van der Waals surface area contributed by atoms with Crippen LogP contribution in [-0.4, -0.2) is 0 Å². The Morgan fingerprint density at radius 3 is 2.77 bits per heavy atom. The van der Waals surface area contributed by atoms with E-state index in [1.807, 2.05) is 38.1 Å². The van der Waals surface area contributed by atoms with Crippen molar-refractivity contribution >= 4 is 5.70 Å². The fourth-order valence-corrected chi connectivity index (χ4v) is 1.19. The van der Waals surface area contributed by atoms with Crippen molar-refractivity contribution in [2.24, 2.45) is 5.73 Å². The first kappa shape index (κ1) is 9.34. The highest BCUT2D eigenvalue weighted by atomic mass is 14.6. The molecule has 0 amide bonds. The molecular weight excluding hydrogens is 160 g/mol. The third-order valence-corrected chi connectivity index (χ3v) is 1.92. The van der Waals surface area contributed by atoms with Crippen LogP contribution in [0.15, 0.2) is 24.3 Å². The molecule has 0 saturated carbocycles. The fraction of sp³-hybridized carbons (Fsp3) is 0.182. The van der Waals surface area contributed by atoms with Gasteiger partial charge >= 0.3 is 0 Å². The molecule has 66 valence electrons. The summed E-state index contributed by atoms with van der Waals surface area (Å²) in [6.45, 7) is 3.98. The minimum Gasteiger partial charge on any atom is -0.398 e. The molecule has 0 radical (unpaired) electrons. The summed E-state index contributed by atoms with van der Waals surface area (Å²) in [5.74, 6) is 0. The highest BCUT2D eigenvalue weighted by molar-refractivity contribution is 5.67. The first-order valence-corrected chi connectivity index (χ1v) is 4.08. The Kier molecular flexibility index (Phi) is 2.71. The molecule has 13 heavy (non-hydrogen) atoms. The lowest BCUT2D eigenvalue weighted by atomic mass is 10.0. The lowest BCUT2D eigenvalue weighted by Gasteiger charge is -2.05. The zero-order chi connectivity index (χ0) is 9.84. The molecular formula is C11H12N2. The number of nitrogens with zero attached hydrogens (tertiary/aromatic N) is 1. The number of hydrogen-bond acceptors (Lipinski definition) is 2. The van der Waals surface area contributed by atoms with E-state index in [4.69, 9.17) is 11.0 Å². The summed E-state index contributed by atoms with van der Waals surface area (Å²) in [4.78, 5) is 0. The van der Waals surface area contributed by atoms with Crippen molar-refractivity contribution < 1.29 is 0 Å². The maximum absolute atomic E-state index is 8.45.